The van der Waals surface area contributed by atoms with Gasteiger partial charge in [0.15, 0.2) is 0 Å². The predicted molar refractivity (Wildman–Crippen MR) is 46.7 cm³/mol. The molecule has 0 saturated heterocycles. The Morgan fingerprint density at radius 3 is 2.78 bits per heavy atom. The molecule has 1 unspecified atom stereocenters. The van der Waals surface area contributed by atoms with Crippen LogP contribution in [0.25, 0.3) is 0 Å². The SMILES string of the molecule is [CH2]C(CCC=C)SCC. The summed E-state index contributed by atoms with van der Waals surface area (Å²) < 4.78 is 0. The summed E-state index contributed by atoms with van der Waals surface area (Å²) in [5.41, 5.74) is 0. The van der Waals surface area contributed by atoms with Gasteiger partial charge in [0, 0.05) is 5.25 Å². The van der Waals surface area contributed by atoms with E-state index in [0.29, 0.717) is 5.25 Å². The van der Waals surface area contributed by atoms with Crippen molar-refractivity contribution in [2.45, 2.75) is 25.0 Å². The number of hydrogen-bond donors (Lipinski definition) is 0. The van der Waals surface area contributed by atoms with Gasteiger partial charge in [-0.1, -0.05) is 13.0 Å². The molecule has 0 nitrogen and oxygen atoms in total. The first kappa shape index (κ1) is 9.09. The van der Waals surface area contributed by atoms with Crippen molar-refractivity contribution >= 4 is 11.8 Å². The quantitative estimate of drug-likeness (QED) is 0.533. The summed E-state index contributed by atoms with van der Waals surface area (Å²) in [6.07, 6.45) is 4.22. The molecule has 0 heterocycles. The molecule has 53 valence electrons. The van der Waals surface area contributed by atoms with E-state index in [0.717, 1.165) is 6.42 Å². The van der Waals surface area contributed by atoms with E-state index in [1.54, 1.807) is 0 Å². The van der Waals surface area contributed by atoms with Gasteiger partial charge >= 0.3 is 0 Å². The number of thioether (sulfide) groups is 1. The Morgan fingerprint density at radius 2 is 2.33 bits per heavy atom. The third kappa shape index (κ3) is 5.97. The Balaban J connectivity index is 3.04. The summed E-state index contributed by atoms with van der Waals surface area (Å²) in [5.74, 6) is 1.17. The van der Waals surface area contributed by atoms with E-state index < -0.39 is 0 Å². The van der Waals surface area contributed by atoms with E-state index in [2.05, 4.69) is 20.4 Å². The Hall–Kier alpha value is 0.0900. The van der Waals surface area contributed by atoms with Gasteiger partial charge in [-0.05, 0) is 25.5 Å². The summed E-state index contributed by atoms with van der Waals surface area (Å²) in [5, 5.41) is 0.563. The van der Waals surface area contributed by atoms with Crippen molar-refractivity contribution in [1.29, 1.82) is 0 Å². The molecule has 0 spiro atoms. The van der Waals surface area contributed by atoms with Gasteiger partial charge in [-0.2, -0.15) is 11.8 Å². The van der Waals surface area contributed by atoms with Crippen LogP contribution in [0.2, 0.25) is 0 Å². The second-order valence-corrected chi connectivity index (χ2v) is 3.52. The Kier molecular flexibility index (Phi) is 6.28. The minimum absolute atomic E-state index is 0.563. The van der Waals surface area contributed by atoms with Crippen LogP contribution in [0.3, 0.4) is 0 Å². The van der Waals surface area contributed by atoms with Crippen LogP contribution in [0.1, 0.15) is 19.8 Å². The maximum absolute atomic E-state index is 3.98. The van der Waals surface area contributed by atoms with Gasteiger partial charge in [-0.3, -0.25) is 0 Å². The fourth-order valence-corrected chi connectivity index (χ4v) is 1.40. The molecule has 1 radical (unpaired) electrons. The highest BCUT2D eigenvalue weighted by molar-refractivity contribution is 7.99. The summed E-state index contributed by atoms with van der Waals surface area (Å²) in [6.45, 7) is 9.80. The van der Waals surface area contributed by atoms with Gasteiger partial charge in [0.2, 0.25) is 0 Å². The summed E-state index contributed by atoms with van der Waals surface area (Å²) in [6, 6.07) is 0. The van der Waals surface area contributed by atoms with E-state index >= 15 is 0 Å². The zero-order valence-corrected chi connectivity index (χ0v) is 6.91. The van der Waals surface area contributed by atoms with E-state index in [1.807, 2.05) is 17.8 Å². The molecule has 0 aromatic carbocycles. The van der Waals surface area contributed by atoms with E-state index in [-0.39, 0.29) is 0 Å². The van der Waals surface area contributed by atoms with Crippen molar-refractivity contribution in [2.75, 3.05) is 5.75 Å². The lowest BCUT2D eigenvalue weighted by atomic mass is 10.2. The van der Waals surface area contributed by atoms with Crippen LogP contribution in [0, 0.1) is 6.92 Å². The fraction of sp³-hybridized carbons (Fsp3) is 0.625. The molecule has 0 N–H and O–H groups in total. The Bertz CT molecular complexity index is 69.0. The van der Waals surface area contributed by atoms with Gasteiger partial charge in [0.05, 0.1) is 0 Å². The first-order valence-electron chi connectivity index (χ1n) is 3.36. The number of allylic oxidation sites excluding steroid dienone is 1. The Morgan fingerprint density at radius 1 is 1.67 bits per heavy atom. The minimum Gasteiger partial charge on any atom is -0.159 e. The monoisotopic (exact) mass is 143 g/mol. The van der Waals surface area contributed by atoms with Gasteiger partial charge in [-0.25, -0.2) is 0 Å². The lowest BCUT2D eigenvalue weighted by Crippen LogP contribution is -1.94. The molecule has 0 rings (SSSR count). The molecule has 1 atom stereocenters. The van der Waals surface area contributed by atoms with Crippen molar-refractivity contribution in [3.63, 3.8) is 0 Å². The third-order valence-corrected chi connectivity index (χ3v) is 2.14. The van der Waals surface area contributed by atoms with Crippen LogP contribution in [-0.2, 0) is 0 Å². The second kappa shape index (κ2) is 6.21. The molecule has 0 aliphatic carbocycles. The molecule has 0 bridgehead atoms. The Labute approximate surface area is 62.7 Å². The van der Waals surface area contributed by atoms with Crippen LogP contribution in [0.15, 0.2) is 12.7 Å². The molecule has 0 aromatic rings. The molecule has 0 amide bonds. The standard InChI is InChI=1S/C8H15S/c1-4-6-7-8(3)9-5-2/h4,8H,1,3,5-7H2,2H3. The zero-order valence-electron chi connectivity index (χ0n) is 6.10. The maximum Gasteiger partial charge on any atom is 0.00502 e. The number of rotatable bonds is 5. The summed E-state index contributed by atoms with van der Waals surface area (Å²) in [4.78, 5) is 0. The minimum atomic E-state index is 0.563. The third-order valence-electron chi connectivity index (χ3n) is 1.10. The molecule has 0 fully saturated rings. The molecule has 0 aromatic heterocycles. The fourth-order valence-electron chi connectivity index (χ4n) is 0.623. The van der Waals surface area contributed by atoms with Crippen molar-refractivity contribution in [3.8, 4) is 0 Å². The van der Waals surface area contributed by atoms with Crippen LogP contribution in [0.5, 0.6) is 0 Å². The van der Waals surface area contributed by atoms with E-state index in [1.165, 1.54) is 12.2 Å². The van der Waals surface area contributed by atoms with Crippen LogP contribution < -0.4 is 0 Å². The largest absolute Gasteiger partial charge is 0.159 e. The predicted octanol–water partition coefficient (Wildman–Crippen LogP) is 2.91. The molecular formula is C8H15S. The summed E-state index contributed by atoms with van der Waals surface area (Å²) >= 11 is 1.91. The first-order valence-corrected chi connectivity index (χ1v) is 4.41. The highest BCUT2D eigenvalue weighted by Crippen LogP contribution is 2.14. The smallest absolute Gasteiger partial charge is 0.00502 e. The molecule has 0 aliphatic rings. The van der Waals surface area contributed by atoms with Crippen LogP contribution in [0.4, 0.5) is 0 Å². The number of hydrogen-bond acceptors (Lipinski definition) is 1. The van der Waals surface area contributed by atoms with Gasteiger partial charge in [-0.15, -0.1) is 6.58 Å². The summed E-state index contributed by atoms with van der Waals surface area (Å²) in [7, 11) is 0. The van der Waals surface area contributed by atoms with Crippen LogP contribution in [-0.4, -0.2) is 11.0 Å². The van der Waals surface area contributed by atoms with E-state index in [9.17, 15) is 0 Å². The topological polar surface area (TPSA) is 0 Å². The van der Waals surface area contributed by atoms with Crippen molar-refractivity contribution in [3.05, 3.63) is 19.6 Å². The molecule has 9 heavy (non-hydrogen) atoms. The average Bonchev–Trinajstić information content (AvgIpc) is 1.85. The van der Waals surface area contributed by atoms with Crippen molar-refractivity contribution in [1.82, 2.24) is 0 Å². The lowest BCUT2D eigenvalue weighted by Gasteiger charge is -2.05. The van der Waals surface area contributed by atoms with Crippen molar-refractivity contribution < 1.29 is 0 Å². The first-order chi connectivity index (χ1) is 4.31. The average molecular weight is 143 g/mol. The van der Waals surface area contributed by atoms with Gasteiger partial charge in [0.25, 0.3) is 0 Å². The maximum atomic E-state index is 3.98. The van der Waals surface area contributed by atoms with Gasteiger partial charge < -0.3 is 0 Å². The normalized spacial score (nSPS) is 13.1. The molecule has 0 saturated carbocycles. The molecule has 1 heteroatoms. The van der Waals surface area contributed by atoms with Gasteiger partial charge in [0.1, 0.15) is 0 Å². The lowest BCUT2D eigenvalue weighted by molar-refractivity contribution is 0.883. The molecular weight excluding hydrogens is 128 g/mol. The zero-order chi connectivity index (χ0) is 7.11. The molecule has 0 aliphatic heterocycles. The highest BCUT2D eigenvalue weighted by Gasteiger charge is 1.97. The second-order valence-electron chi connectivity index (χ2n) is 1.94. The highest BCUT2D eigenvalue weighted by atomic mass is 32.2. The van der Waals surface area contributed by atoms with Crippen LogP contribution >= 0.6 is 11.8 Å². The van der Waals surface area contributed by atoms with E-state index in [4.69, 9.17) is 0 Å². The van der Waals surface area contributed by atoms with Crippen molar-refractivity contribution in [2.24, 2.45) is 0 Å².